The van der Waals surface area contributed by atoms with Gasteiger partial charge in [-0.1, -0.05) is 19.1 Å². The van der Waals surface area contributed by atoms with Crippen molar-refractivity contribution < 1.29 is 9.90 Å². The number of hydrogen-bond acceptors (Lipinski definition) is 4. The zero-order valence-electron chi connectivity index (χ0n) is 18.0. The molecule has 1 saturated carbocycles. The Morgan fingerprint density at radius 1 is 1.13 bits per heavy atom. The average Bonchev–Trinajstić information content (AvgIpc) is 3.07. The van der Waals surface area contributed by atoms with E-state index in [2.05, 4.69) is 54.1 Å². The first kappa shape index (κ1) is 20.4. The minimum Gasteiger partial charge on any atom is -0.481 e. The molecule has 6 nitrogen and oxygen atoms in total. The van der Waals surface area contributed by atoms with Crippen molar-refractivity contribution in [2.24, 2.45) is 5.92 Å². The fraction of sp³-hybridized carbons (Fsp3) is 0.458. The fourth-order valence-corrected chi connectivity index (χ4v) is 4.49. The van der Waals surface area contributed by atoms with E-state index in [1.807, 2.05) is 6.92 Å². The van der Waals surface area contributed by atoms with Gasteiger partial charge in [0.1, 0.15) is 11.3 Å². The third-order valence-corrected chi connectivity index (χ3v) is 6.16. The monoisotopic (exact) mass is 406 g/mol. The molecule has 0 aliphatic heterocycles. The second-order valence-electron chi connectivity index (χ2n) is 8.45. The number of carboxylic acids is 1. The molecule has 3 aromatic rings. The maximum atomic E-state index is 11.1. The van der Waals surface area contributed by atoms with E-state index in [4.69, 9.17) is 15.1 Å². The van der Waals surface area contributed by atoms with Gasteiger partial charge in [0.25, 0.3) is 0 Å². The topological polar surface area (TPSA) is 80.0 Å². The largest absolute Gasteiger partial charge is 0.481 e. The number of aliphatic carboxylic acids is 1. The molecule has 0 saturated heterocycles. The number of carbonyl (C=O) groups is 1. The van der Waals surface area contributed by atoms with Gasteiger partial charge in [-0.15, -0.1) is 0 Å². The van der Waals surface area contributed by atoms with Crippen LogP contribution in [-0.4, -0.2) is 31.7 Å². The van der Waals surface area contributed by atoms with Crippen molar-refractivity contribution in [1.29, 1.82) is 0 Å². The highest BCUT2D eigenvalue weighted by Gasteiger charge is 2.25. The van der Waals surface area contributed by atoms with Gasteiger partial charge in [-0.3, -0.25) is 4.79 Å². The predicted octanol–water partition coefficient (Wildman–Crippen LogP) is 4.71. The SMILES string of the molecule is CCc1nc2c(C)cc(C)nc2n1Cc1ccc(NC2CCC(C(=O)O)CC2)cc1. The number of hydrogen-bond donors (Lipinski definition) is 2. The summed E-state index contributed by atoms with van der Waals surface area (Å²) >= 11 is 0. The molecule has 2 aromatic heterocycles. The molecule has 0 radical (unpaired) electrons. The lowest BCUT2D eigenvalue weighted by atomic mass is 9.86. The number of fused-ring (bicyclic) bond motifs is 1. The van der Waals surface area contributed by atoms with Crippen LogP contribution in [0.25, 0.3) is 11.2 Å². The number of carboxylic acid groups (broad SMARTS) is 1. The normalized spacial score (nSPS) is 19.2. The molecular weight excluding hydrogens is 376 g/mol. The molecule has 0 amide bonds. The number of rotatable bonds is 6. The van der Waals surface area contributed by atoms with Crippen molar-refractivity contribution in [1.82, 2.24) is 14.5 Å². The zero-order valence-corrected chi connectivity index (χ0v) is 18.0. The molecule has 158 valence electrons. The van der Waals surface area contributed by atoms with Gasteiger partial charge in [0, 0.05) is 23.8 Å². The molecule has 30 heavy (non-hydrogen) atoms. The highest BCUT2D eigenvalue weighted by atomic mass is 16.4. The van der Waals surface area contributed by atoms with Gasteiger partial charge in [-0.05, 0) is 68.9 Å². The molecule has 1 fully saturated rings. The second kappa shape index (κ2) is 8.46. The molecule has 0 unspecified atom stereocenters. The minimum absolute atomic E-state index is 0.177. The Kier molecular flexibility index (Phi) is 5.75. The minimum atomic E-state index is -0.656. The Hall–Kier alpha value is -2.89. The molecule has 1 aliphatic carbocycles. The molecule has 1 aromatic carbocycles. The van der Waals surface area contributed by atoms with Crippen LogP contribution in [0.5, 0.6) is 0 Å². The number of anilines is 1. The summed E-state index contributed by atoms with van der Waals surface area (Å²) in [6, 6.07) is 11.0. The van der Waals surface area contributed by atoms with Crippen LogP contribution in [0.3, 0.4) is 0 Å². The first-order valence-electron chi connectivity index (χ1n) is 10.9. The summed E-state index contributed by atoms with van der Waals surface area (Å²) in [5.74, 6) is 0.226. The van der Waals surface area contributed by atoms with Crippen LogP contribution >= 0.6 is 0 Å². The van der Waals surface area contributed by atoms with Crippen LogP contribution in [0.1, 0.15) is 55.3 Å². The molecule has 0 atom stereocenters. The van der Waals surface area contributed by atoms with E-state index in [0.29, 0.717) is 6.04 Å². The van der Waals surface area contributed by atoms with Crippen LogP contribution in [0.15, 0.2) is 30.3 Å². The van der Waals surface area contributed by atoms with Crippen LogP contribution < -0.4 is 5.32 Å². The van der Waals surface area contributed by atoms with E-state index < -0.39 is 5.97 Å². The second-order valence-corrected chi connectivity index (χ2v) is 8.45. The van der Waals surface area contributed by atoms with Gasteiger partial charge < -0.3 is 15.0 Å². The van der Waals surface area contributed by atoms with Crippen LogP contribution in [0, 0.1) is 19.8 Å². The standard InChI is InChI=1S/C24H30N4O2/c1-4-21-27-22-15(2)13-16(3)25-23(22)28(21)14-17-5-9-19(10-6-17)26-20-11-7-18(8-12-20)24(29)30/h5-6,9-10,13,18,20,26H,4,7-8,11-12,14H2,1-3H3,(H,29,30). The quantitative estimate of drug-likeness (QED) is 0.619. The lowest BCUT2D eigenvalue weighted by molar-refractivity contribution is -0.142. The van der Waals surface area contributed by atoms with Crippen molar-refractivity contribution in [3.05, 3.63) is 53.0 Å². The van der Waals surface area contributed by atoms with E-state index in [1.54, 1.807) is 0 Å². The summed E-state index contributed by atoms with van der Waals surface area (Å²) < 4.78 is 2.23. The first-order chi connectivity index (χ1) is 14.4. The summed E-state index contributed by atoms with van der Waals surface area (Å²) in [7, 11) is 0. The van der Waals surface area contributed by atoms with E-state index >= 15 is 0 Å². The van der Waals surface area contributed by atoms with Crippen molar-refractivity contribution in [2.75, 3.05) is 5.32 Å². The summed E-state index contributed by atoms with van der Waals surface area (Å²) in [5.41, 5.74) is 6.44. The van der Waals surface area contributed by atoms with Crippen molar-refractivity contribution in [3.63, 3.8) is 0 Å². The highest BCUT2D eigenvalue weighted by molar-refractivity contribution is 5.76. The number of aryl methyl sites for hydroxylation is 3. The fourth-order valence-electron chi connectivity index (χ4n) is 4.49. The summed E-state index contributed by atoms with van der Waals surface area (Å²) in [6.07, 6.45) is 4.19. The smallest absolute Gasteiger partial charge is 0.306 e. The van der Waals surface area contributed by atoms with E-state index in [-0.39, 0.29) is 5.92 Å². The van der Waals surface area contributed by atoms with Crippen LogP contribution in [0.2, 0.25) is 0 Å². The maximum Gasteiger partial charge on any atom is 0.306 e. The lowest BCUT2D eigenvalue weighted by Gasteiger charge is -2.27. The zero-order chi connectivity index (χ0) is 21.3. The van der Waals surface area contributed by atoms with Gasteiger partial charge in [0.05, 0.1) is 12.5 Å². The number of aromatic nitrogens is 3. The van der Waals surface area contributed by atoms with E-state index in [1.165, 1.54) is 11.1 Å². The third kappa shape index (κ3) is 4.18. The number of nitrogens with one attached hydrogen (secondary N) is 1. The molecule has 2 heterocycles. The molecule has 2 N–H and O–H groups in total. The highest BCUT2D eigenvalue weighted by Crippen LogP contribution is 2.27. The van der Waals surface area contributed by atoms with Gasteiger partial charge in [-0.2, -0.15) is 0 Å². The first-order valence-corrected chi connectivity index (χ1v) is 10.9. The average molecular weight is 407 g/mol. The van der Waals surface area contributed by atoms with Gasteiger partial charge in [0.2, 0.25) is 0 Å². The Morgan fingerprint density at radius 2 is 1.83 bits per heavy atom. The maximum absolute atomic E-state index is 11.1. The van der Waals surface area contributed by atoms with Crippen LogP contribution in [0.4, 0.5) is 5.69 Å². The van der Waals surface area contributed by atoms with Crippen molar-refractivity contribution in [2.45, 2.75) is 65.5 Å². The Balaban J connectivity index is 1.47. The van der Waals surface area contributed by atoms with Crippen molar-refractivity contribution >= 4 is 22.8 Å². The molecule has 1 aliphatic rings. The molecule has 4 rings (SSSR count). The summed E-state index contributed by atoms with van der Waals surface area (Å²) in [4.78, 5) is 20.7. The summed E-state index contributed by atoms with van der Waals surface area (Å²) in [6.45, 7) is 7.00. The van der Waals surface area contributed by atoms with Gasteiger partial charge >= 0.3 is 5.97 Å². The number of imidazole rings is 1. The third-order valence-electron chi connectivity index (χ3n) is 6.16. The van der Waals surface area contributed by atoms with Gasteiger partial charge in [0.15, 0.2) is 5.65 Å². The predicted molar refractivity (Wildman–Crippen MR) is 119 cm³/mol. The van der Waals surface area contributed by atoms with Crippen molar-refractivity contribution in [3.8, 4) is 0 Å². The Bertz CT molecular complexity index is 1050. The van der Waals surface area contributed by atoms with Crippen LogP contribution in [-0.2, 0) is 17.8 Å². The number of benzene rings is 1. The Labute approximate surface area is 177 Å². The summed E-state index contributed by atoms with van der Waals surface area (Å²) in [5, 5.41) is 12.7. The molecule has 0 bridgehead atoms. The Morgan fingerprint density at radius 3 is 2.47 bits per heavy atom. The number of pyridine rings is 1. The lowest BCUT2D eigenvalue weighted by Crippen LogP contribution is -2.29. The van der Waals surface area contributed by atoms with E-state index in [0.717, 1.165) is 67.0 Å². The molecule has 0 spiro atoms. The van der Waals surface area contributed by atoms with E-state index in [9.17, 15) is 4.79 Å². The molecule has 6 heteroatoms. The number of nitrogens with zero attached hydrogens (tertiary/aromatic N) is 3. The van der Waals surface area contributed by atoms with Gasteiger partial charge in [-0.25, -0.2) is 9.97 Å². The molecular formula is C24H30N4O2.